The summed E-state index contributed by atoms with van der Waals surface area (Å²) in [6.45, 7) is 3.33. The van der Waals surface area contributed by atoms with Gasteiger partial charge in [0.2, 0.25) is 11.8 Å². The number of fused-ring (bicyclic) bond motifs is 1. The van der Waals surface area contributed by atoms with Crippen molar-refractivity contribution in [3.63, 3.8) is 0 Å². The van der Waals surface area contributed by atoms with Crippen LogP contribution in [0.25, 0.3) is 0 Å². The Bertz CT molecular complexity index is 705. The monoisotopic (exact) mass is 329 g/mol. The summed E-state index contributed by atoms with van der Waals surface area (Å²) in [4.78, 5) is 20.5. The number of benzene rings is 1. The molecular formula is C17H19N3O2S. The van der Waals surface area contributed by atoms with Crippen molar-refractivity contribution in [3.8, 4) is 0 Å². The fourth-order valence-electron chi connectivity index (χ4n) is 3.39. The minimum Gasteiger partial charge on any atom is -0.341 e. The van der Waals surface area contributed by atoms with Gasteiger partial charge in [-0.15, -0.1) is 11.8 Å². The van der Waals surface area contributed by atoms with Gasteiger partial charge < -0.3 is 9.42 Å². The van der Waals surface area contributed by atoms with Crippen molar-refractivity contribution in [1.82, 2.24) is 15.0 Å². The predicted octanol–water partition coefficient (Wildman–Crippen LogP) is 2.80. The zero-order chi connectivity index (χ0) is 15.8. The third-order valence-electron chi connectivity index (χ3n) is 4.56. The Morgan fingerprint density at radius 1 is 1.39 bits per heavy atom. The number of carbonyl (C=O) groups excluding carboxylic acids is 1. The van der Waals surface area contributed by atoms with Crippen LogP contribution in [-0.2, 0) is 11.2 Å². The normalized spacial score (nSPS) is 23.8. The number of carbonyl (C=O) groups is 1. The molecule has 1 aromatic heterocycles. The van der Waals surface area contributed by atoms with E-state index < -0.39 is 0 Å². The lowest BCUT2D eigenvalue weighted by molar-refractivity contribution is -0.131. The van der Waals surface area contributed by atoms with Crippen molar-refractivity contribution >= 4 is 17.7 Å². The number of piperidine rings is 1. The van der Waals surface area contributed by atoms with Crippen molar-refractivity contribution in [1.29, 1.82) is 0 Å². The lowest BCUT2D eigenvalue weighted by Crippen LogP contribution is -2.43. The molecule has 5 nitrogen and oxygen atoms in total. The van der Waals surface area contributed by atoms with Crippen molar-refractivity contribution in [2.24, 2.45) is 0 Å². The van der Waals surface area contributed by atoms with E-state index in [1.165, 1.54) is 10.5 Å². The number of rotatable bonds is 2. The van der Waals surface area contributed by atoms with E-state index in [0.717, 1.165) is 31.6 Å². The van der Waals surface area contributed by atoms with E-state index >= 15 is 0 Å². The van der Waals surface area contributed by atoms with Crippen LogP contribution in [-0.4, -0.2) is 39.3 Å². The van der Waals surface area contributed by atoms with E-state index in [9.17, 15) is 4.79 Å². The van der Waals surface area contributed by atoms with Gasteiger partial charge in [0.1, 0.15) is 0 Å². The Labute approximate surface area is 139 Å². The molecule has 0 radical (unpaired) electrons. The highest BCUT2D eigenvalue weighted by Crippen LogP contribution is 2.38. The molecule has 1 saturated heterocycles. The van der Waals surface area contributed by atoms with Gasteiger partial charge in [-0.3, -0.25) is 4.79 Å². The van der Waals surface area contributed by atoms with Gasteiger partial charge in [0.15, 0.2) is 5.82 Å². The number of hydrogen-bond donors (Lipinski definition) is 0. The zero-order valence-corrected chi connectivity index (χ0v) is 13.9. The fraction of sp³-hybridized carbons (Fsp3) is 0.471. The molecule has 0 aliphatic carbocycles. The summed E-state index contributed by atoms with van der Waals surface area (Å²) in [6, 6.07) is 8.31. The van der Waals surface area contributed by atoms with E-state index in [0.29, 0.717) is 12.4 Å². The van der Waals surface area contributed by atoms with Gasteiger partial charge >= 0.3 is 0 Å². The van der Waals surface area contributed by atoms with Crippen LogP contribution < -0.4 is 0 Å². The number of amides is 1. The number of aromatic nitrogens is 2. The molecule has 1 amide bonds. The summed E-state index contributed by atoms with van der Waals surface area (Å²) in [5.74, 6) is 1.77. The van der Waals surface area contributed by atoms with Gasteiger partial charge in [0, 0.05) is 30.8 Å². The summed E-state index contributed by atoms with van der Waals surface area (Å²) in [5, 5.41) is 4.05. The van der Waals surface area contributed by atoms with E-state index in [1.54, 1.807) is 18.7 Å². The average Bonchev–Trinajstić information content (AvgIpc) is 3.20. The molecule has 1 fully saturated rings. The smallest absolute Gasteiger partial charge is 0.236 e. The summed E-state index contributed by atoms with van der Waals surface area (Å²) in [5.41, 5.74) is 1.29. The van der Waals surface area contributed by atoms with E-state index in [-0.39, 0.29) is 17.1 Å². The molecule has 1 aromatic carbocycles. The molecule has 2 aliphatic heterocycles. The number of likely N-dealkylation sites (tertiary alicyclic amines) is 1. The molecule has 6 heteroatoms. The first kappa shape index (κ1) is 14.8. The van der Waals surface area contributed by atoms with Crippen LogP contribution >= 0.6 is 11.8 Å². The highest BCUT2D eigenvalue weighted by Gasteiger charge is 2.34. The number of thioether (sulfide) groups is 1. The Hall–Kier alpha value is -1.82. The van der Waals surface area contributed by atoms with Gasteiger partial charge in [-0.05, 0) is 30.9 Å². The SMILES string of the molecule is Cc1nc([C@H]2CCCN(C(=O)[C@H]3Cc4ccccc4S3)C2)no1. The molecule has 2 atom stereocenters. The van der Waals surface area contributed by atoms with Crippen molar-refractivity contribution in [2.45, 2.75) is 42.2 Å². The lowest BCUT2D eigenvalue weighted by Gasteiger charge is -2.32. The van der Waals surface area contributed by atoms with Gasteiger partial charge in [-0.25, -0.2) is 0 Å². The maximum Gasteiger partial charge on any atom is 0.236 e. The largest absolute Gasteiger partial charge is 0.341 e. The topological polar surface area (TPSA) is 59.2 Å². The Balaban J connectivity index is 1.45. The molecule has 2 aliphatic rings. The second-order valence-corrected chi connectivity index (χ2v) is 7.46. The van der Waals surface area contributed by atoms with Crippen LogP contribution in [0.2, 0.25) is 0 Å². The van der Waals surface area contributed by atoms with Crippen LogP contribution in [0.1, 0.15) is 36.0 Å². The zero-order valence-electron chi connectivity index (χ0n) is 13.1. The standard InChI is InChI=1S/C17H19N3O2S/c1-11-18-16(19-22-11)13-6-4-8-20(10-13)17(21)15-9-12-5-2-3-7-14(12)23-15/h2-3,5,7,13,15H,4,6,8-10H2,1H3/t13-,15+/m0/s1. The van der Waals surface area contributed by atoms with Crippen LogP contribution in [0.3, 0.4) is 0 Å². The Morgan fingerprint density at radius 3 is 3.04 bits per heavy atom. The van der Waals surface area contributed by atoms with Crippen LogP contribution in [0.5, 0.6) is 0 Å². The third-order valence-corrected chi connectivity index (χ3v) is 5.87. The number of hydrogen-bond acceptors (Lipinski definition) is 5. The molecule has 120 valence electrons. The maximum atomic E-state index is 12.9. The first-order valence-electron chi connectivity index (χ1n) is 8.04. The second-order valence-electron chi connectivity index (χ2n) is 6.21. The van der Waals surface area contributed by atoms with Crippen molar-refractivity contribution < 1.29 is 9.32 Å². The average molecular weight is 329 g/mol. The minimum atomic E-state index is 0.0122. The molecule has 4 rings (SSSR count). The number of nitrogens with zero attached hydrogens (tertiary/aromatic N) is 3. The molecular weight excluding hydrogens is 310 g/mol. The van der Waals surface area contributed by atoms with Crippen LogP contribution in [0, 0.1) is 6.92 Å². The second kappa shape index (κ2) is 6.00. The number of aryl methyl sites for hydroxylation is 1. The van der Waals surface area contributed by atoms with Crippen molar-refractivity contribution in [2.75, 3.05) is 13.1 Å². The Morgan fingerprint density at radius 2 is 2.26 bits per heavy atom. The molecule has 3 heterocycles. The maximum absolute atomic E-state index is 12.9. The molecule has 0 spiro atoms. The van der Waals surface area contributed by atoms with Crippen LogP contribution in [0.4, 0.5) is 0 Å². The van der Waals surface area contributed by atoms with Gasteiger partial charge in [-0.1, -0.05) is 23.4 Å². The first-order valence-corrected chi connectivity index (χ1v) is 8.92. The van der Waals surface area contributed by atoms with Crippen molar-refractivity contribution in [3.05, 3.63) is 41.5 Å². The highest BCUT2D eigenvalue weighted by atomic mass is 32.2. The van der Waals surface area contributed by atoms with E-state index in [1.807, 2.05) is 17.0 Å². The molecule has 2 aromatic rings. The first-order chi connectivity index (χ1) is 11.2. The molecule has 23 heavy (non-hydrogen) atoms. The Kier molecular flexibility index (Phi) is 3.85. The van der Waals surface area contributed by atoms with Gasteiger partial charge in [-0.2, -0.15) is 4.98 Å². The predicted molar refractivity (Wildman–Crippen MR) is 87.4 cm³/mol. The fourth-order valence-corrected chi connectivity index (χ4v) is 4.67. The summed E-state index contributed by atoms with van der Waals surface area (Å²) >= 11 is 1.70. The summed E-state index contributed by atoms with van der Waals surface area (Å²) < 4.78 is 5.09. The molecule has 0 unspecified atom stereocenters. The van der Waals surface area contributed by atoms with Crippen LogP contribution in [0.15, 0.2) is 33.7 Å². The molecule has 0 N–H and O–H groups in total. The summed E-state index contributed by atoms with van der Waals surface area (Å²) in [7, 11) is 0. The van der Waals surface area contributed by atoms with E-state index in [4.69, 9.17) is 4.52 Å². The minimum absolute atomic E-state index is 0.0122. The molecule has 0 bridgehead atoms. The van der Waals surface area contributed by atoms with Gasteiger partial charge in [0.05, 0.1) is 5.25 Å². The highest BCUT2D eigenvalue weighted by molar-refractivity contribution is 8.01. The van der Waals surface area contributed by atoms with E-state index in [2.05, 4.69) is 22.3 Å². The molecule has 0 saturated carbocycles. The lowest BCUT2D eigenvalue weighted by atomic mass is 9.97. The third kappa shape index (κ3) is 2.87. The summed E-state index contributed by atoms with van der Waals surface area (Å²) in [6.07, 6.45) is 2.84. The van der Waals surface area contributed by atoms with Gasteiger partial charge in [0.25, 0.3) is 0 Å². The quantitative estimate of drug-likeness (QED) is 0.848.